The summed E-state index contributed by atoms with van der Waals surface area (Å²) in [6.07, 6.45) is 0. The number of rotatable bonds is 6. The first-order valence-corrected chi connectivity index (χ1v) is 8.29. The molecular weight excluding hydrogens is 318 g/mol. The number of benzene rings is 2. The van der Waals surface area contributed by atoms with Gasteiger partial charge in [-0.05, 0) is 23.3 Å². The fraction of sp³-hybridized carbons (Fsp3) is 0.316. The Kier molecular flexibility index (Phi) is 5.74. The molecule has 0 bridgehead atoms. The van der Waals surface area contributed by atoms with Gasteiger partial charge in [0.25, 0.3) is 0 Å². The van der Waals surface area contributed by atoms with Crippen molar-refractivity contribution in [2.45, 2.75) is 12.5 Å². The molecule has 0 aliphatic carbocycles. The summed E-state index contributed by atoms with van der Waals surface area (Å²) < 4.78 is 10.7. The van der Waals surface area contributed by atoms with Crippen LogP contribution in [-0.4, -0.2) is 38.1 Å². The monoisotopic (exact) mass is 341 g/mol. The van der Waals surface area contributed by atoms with Crippen molar-refractivity contribution in [1.82, 2.24) is 10.6 Å². The third-order valence-electron chi connectivity index (χ3n) is 4.13. The van der Waals surface area contributed by atoms with Crippen molar-refractivity contribution in [2.75, 3.05) is 27.0 Å². The fourth-order valence-corrected chi connectivity index (χ4v) is 2.69. The van der Waals surface area contributed by atoms with Gasteiger partial charge in [-0.1, -0.05) is 36.4 Å². The van der Waals surface area contributed by atoms with Gasteiger partial charge in [0.05, 0.1) is 6.61 Å². The largest absolute Gasteiger partial charge is 0.454 e. The Morgan fingerprint density at radius 2 is 1.92 bits per heavy atom. The Hall–Kier alpha value is -2.73. The van der Waals surface area contributed by atoms with E-state index in [0.717, 1.165) is 22.6 Å². The number of hydrogen-bond donors (Lipinski definition) is 3. The molecule has 1 unspecified atom stereocenters. The quantitative estimate of drug-likeness (QED) is 0.552. The third-order valence-corrected chi connectivity index (χ3v) is 4.13. The predicted octanol–water partition coefficient (Wildman–Crippen LogP) is 1.86. The van der Waals surface area contributed by atoms with Crippen LogP contribution in [0.2, 0.25) is 0 Å². The van der Waals surface area contributed by atoms with Gasteiger partial charge in [-0.25, -0.2) is 0 Å². The Labute approximate surface area is 147 Å². The Balaban J connectivity index is 1.53. The molecule has 1 atom stereocenters. The molecule has 3 N–H and O–H groups in total. The molecule has 0 saturated heterocycles. The van der Waals surface area contributed by atoms with Crippen molar-refractivity contribution in [3.05, 3.63) is 59.7 Å². The maximum atomic E-state index is 9.64. The summed E-state index contributed by atoms with van der Waals surface area (Å²) in [6.45, 7) is 1.57. The molecule has 0 radical (unpaired) electrons. The Bertz CT molecular complexity index is 719. The summed E-state index contributed by atoms with van der Waals surface area (Å²) >= 11 is 0. The van der Waals surface area contributed by atoms with Gasteiger partial charge in [0.2, 0.25) is 6.79 Å². The summed E-state index contributed by atoms with van der Waals surface area (Å²) in [5, 5.41) is 16.2. The zero-order valence-electron chi connectivity index (χ0n) is 14.2. The second-order valence-electron chi connectivity index (χ2n) is 5.78. The molecule has 0 spiro atoms. The van der Waals surface area contributed by atoms with E-state index in [1.165, 1.54) is 0 Å². The molecule has 0 aromatic heterocycles. The zero-order valence-corrected chi connectivity index (χ0v) is 14.2. The average molecular weight is 341 g/mol. The summed E-state index contributed by atoms with van der Waals surface area (Å²) in [4.78, 5) is 4.23. The first kappa shape index (κ1) is 17.1. The highest BCUT2D eigenvalue weighted by atomic mass is 16.7. The Morgan fingerprint density at radius 1 is 1.12 bits per heavy atom. The highest BCUT2D eigenvalue weighted by molar-refractivity contribution is 5.79. The third kappa shape index (κ3) is 4.42. The van der Waals surface area contributed by atoms with Crippen LogP contribution >= 0.6 is 0 Å². The van der Waals surface area contributed by atoms with Crippen LogP contribution < -0.4 is 20.1 Å². The minimum Gasteiger partial charge on any atom is -0.454 e. The molecule has 2 aromatic carbocycles. The van der Waals surface area contributed by atoms with E-state index >= 15 is 0 Å². The second-order valence-corrected chi connectivity index (χ2v) is 5.78. The number of fused-ring (bicyclic) bond motifs is 1. The summed E-state index contributed by atoms with van der Waals surface area (Å²) in [5.41, 5.74) is 2.18. The number of hydrogen-bond acceptors (Lipinski definition) is 4. The van der Waals surface area contributed by atoms with Crippen LogP contribution in [0.3, 0.4) is 0 Å². The number of nitrogens with zero attached hydrogens (tertiary/aromatic N) is 1. The summed E-state index contributed by atoms with van der Waals surface area (Å²) in [7, 11) is 1.73. The van der Waals surface area contributed by atoms with E-state index in [1.54, 1.807) is 7.05 Å². The molecule has 1 aliphatic rings. The zero-order chi connectivity index (χ0) is 17.5. The number of aliphatic hydroxyl groups excluding tert-OH is 1. The molecule has 132 valence electrons. The number of guanidine groups is 1. The van der Waals surface area contributed by atoms with E-state index in [9.17, 15) is 5.11 Å². The van der Waals surface area contributed by atoms with Gasteiger partial charge in [-0.2, -0.15) is 0 Å². The van der Waals surface area contributed by atoms with E-state index < -0.39 is 0 Å². The van der Waals surface area contributed by atoms with E-state index in [0.29, 0.717) is 19.0 Å². The van der Waals surface area contributed by atoms with Crippen LogP contribution in [0.15, 0.2) is 53.5 Å². The average Bonchev–Trinajstić information content (AvgIpc) is 3.13. The van der Waals surface area contributed by atoms with Crippen LogP contribution in [0, 0.1) is 0 Å². The second kappa shape index (κ2) is 8.39. The van der Waals surface area contributed by atoms with Crippen molar-refractivity contribution in [1.29, 1.82) is 0 Å². The highest BCUT2D eigenvalue weighted by Crippen LogP contribution is 2.32. The predicted molar refractivity (Wildman–Crippen MR) is 97.0 cm³/mol. The number of nitrogens with one attached hydrogen (secondary N) is 2. The molecule has 3 rings (SSSR count). The van der Waals surface area contributed by atoms with Gasteiger partial charge in [-0.3, -0.25) is 4.99 Å². The molecule has 0 amide bonds. The fourth-order valence-electron chi connectivity index (χ4n) is 2.69. The lowest BCUT2D eigenvalue weighted by Gasteiger charge is -2.18. The standard InChI is InChI=1S/C19H23N3O3/c1-20-19(22-11-16(12-23)15-5-3-2-4-6-15)21-10-14-7-8-17-18(9-14)25-13-24-17/h2-9,16,23H,10-13H2,1H3,(H2,20,21,22). The van der Waals surface area contributed by atoms with Crippen LogP contribution in [-0.2, 0) is 6.54 Å². The normalized spacial score (nSPS) is 14.2. The van der Waals surface area contributed by atoms with E-state index in [4.69, 9.17) is 9.47 Å². The molecule has 1 heterocycles. The van der Waals surface area contributed by atoms with Crippen LogP contribution in [0.5, 0.6) is 11.5 Å². The lowest BCUT2D eigenvalue weighted by atomic mass is 10.0. The van der Waals surface area contributed by atoms with Crippen molar-refractivity contribution in [3.8, 4) is 11.5 Å². The number of aliphatic imine (C=N–C) groups is 1. The molecule has 2 aromatic rings. The van der Waals surface area contributed by atoms with Crippen molar-refractivity contribution in [2.24, 2.45) is 4.99 Å². The SMILES string of the molecule is CN=C(NCc1ccc2c(c1)OCO2)NCC(CO)c1ccccc1. The van der Waals surface area contributed by atoms with Crippen molar-refractivity contribution in [3.63, 3.8) is 0 Å². The minimum absolute atomic E-state index is 0.0188. The molecule has 0 saturated carbocycles. The van der Waals surface area contributed by atoms with Crippen molar-refractivity contribution < 1.29 is 14.6 Å². The van der Waals surface area contributed by atoms with Crippen LogP contribution in [0.1, 0.15) is 17.0 Å². The van der Waals surface area contributed by atoms with E-state index in [2.05, 4.69) is 15.6 Å². The summed E-state index contributed by atoms with van der Waals surface area (Å²) in [6, 6.07) is 15.8. The lowest BCUT2D eigenvalue weighted by Crippen LogP contribution is -2.39. The first-order chi connectivity index (χ1) is 12.3. The number of aliphatic hydroxyl groups is 1. The van der Waals surface area contributed by atoms with Gasteiger partial charge in [0, 0.05) is 26.1 Å². The molecule has 25 heavy (non-hydrogen) atoms. The molecule has 0 fully saturated rings. The van der Waals surface area contributed by atoms with E-state index in [-0.39, 0.29) is 19.3 Å². The molecule has 6 heteroatoms. The van der Waals surface area contributed by atoms with Gasteiger partial charge >= 0.3 is 0 Å². The van der Waals surface area contributed by atoms with Gasteiger partial charge < -0.3 is 25.2 Å². The molecule has 6 nitrogen and oxygen atoms in total. The topological polar surface area (TPSA) is 75.1 Å². The highest BCUT2D eigenvalue weighted by Gasteiger charge is 2.14. The number of ether oxygens (including phenoxy) is 2. The maximum absolute atomic E-state index is 9.64. The maximum Gasteiger partial charge on any atom is 0.231 e. The lowest BCUT2D eigenvalue weighted by molar-refractivity contribution is 0.174. The Morgan fingerprint density at radius 3 is 2.68 bits per heavy atom. The minimum atomic E-state index is 0.0188. The van der Waals surface area contributed by atoms with Crippen LogP contribution in [0.25, 0.3) is 0 Å². The van der Waals surface area contributed by atoms with Gasteiger partial charge in [0.15, 0.2) is 17.5 Å². The van der Waals surface area contributed by atoms with Crippen LogP contribution in [0.4, 0.5) is 0 Å². The van der Waals surface area contributed by atoms with Gasteiger partial charge in [-0.15, -0.1) is 0 Å². The van der Waals surface area contributed by atoms with Gasteiger partial charge in [0.1, 0.15) is 0 Å². The molecule has 1 aliphatic heterocycles. The smallest absolute Gasteiger partial charge is 0.231 e. The molecular formula is C19H23N3O3. The van der Waals surface area contributed by atoms with Crippen molar-refractivity contribution >= 4 is 5.96 Å². The van der Waals surface area contributed by atoms with E-state index in [1.807, 2.05) is 48.5 Å². The summed E-state index contributed by atoms with van der Waals surface area (Å²) in [5.74, 6) is 2.25. The first-order valence-electron chi connectivity index (χ1n) is 8.29.